The maximum Gasteiger partial charge on any atom is 0.321 e. The molecular formula is C9H16N2O4S. The van der Waals surface area contributed by atoms with Gasteiger partial charge in [0.15, 0.2) is 0 Å². The molecule has 92 valence electrons. The average Bonchev–Trinajstić information content (AvgIpc) is 2.12. The smallest absolute Gasteiger partial charge is 0.321 e. The van der Waals surface area contributed by atoms with Crippen LogP contribution >= 0.6 is 0 Å². The number of sulfonamides is 1. The van der Waals surface area contributed by atoms with Crippen molar-refractivity contribution in [3.63, 3.8) is 0 Å². The van der Waals surface area contributed by atoms with Crippen LogP contribution in [0.2, 0.25) is 0 Å². The molecule has 0 aromatic carbocycles. The topological polar surface area (TPSA) is 107 Å². The molecule has 0 saturated heterocycles. The monoisotopic (exact) mass is 248 g/mol. The minimum absolute atomic E-state index is 0.0692. The maximum absolute atomic E-state index is 11.4. The van der Waals surface area contributed by atoms with Gasteiger partial charge in [0.1, 0.15) is 6.04 Å². The molecule has 16 heavy (non-hydrogen) atoms. The zero-order chi connectivity index (χ0) is 12.8. The summed E-state index contributed by atoms with van der Waals surface area (Å²) < 4.78 is 24.8. The van der Waals surface area contributed by atoms with Crippen LogP contribution in [-0.2, 0) is 14.8 Å². The number of rotatable bonds is 7. The highest BCUT2D eigenvalue weighted by Gasteiger charge is 2.24. The van der Waals surface area contributed by atoms with E-state index in [1.54, 1.807) is 19.9 Å². The van der Waals surface area contributed by atoms with Gasteiger partial charge in [-0.2, -0.15) is 5.26 Å². The number of carbonyl (C=O) groups is 1. The summed E-state index contributed by atoms with van der Waals surface area (Å²) in [5, 5.41) is 17.1. The Kier molecular flexibility index (Phi) is 6.00. The number of aliphatic carboxylic acids is 1. The van der Waals surface area contributed by atoms with Crippen LogP contribution in [0.4, 0.5) is 0 Å². The van der Waals surface area contributed by atoms with Crippen molar-refractivity contribution in [3.05, 3.63) is 0 Å². The number of hydrogen-bond donors (Lipinski definition) is 2. The van der Waals surface area contributed by atoms with Crippen LogP contribution in [0, 0.1) is 17.2 Å². The zero-order valence-electron chi connectivity index (χ0n) is 9.30. The summed E-state index contributed by atoms with van der Waals surface area (Å²) >= 11 is 0. The first-order valence-electron chi connectivity index (χ1n) is 4.88. The van der Waals surface area contributed by atoms with Crippen LogP contribution in [-0.4, -0.2) is 31.3 Å². The molecular weight excluding hydrogens is 232 g/mol. The molecule has 0 aliphatic rings. The van der Waals surface area contributed by atoms with Gasteiger partial charge in [0.2, 0.25) is 10.0 Å². The SMILES string of the molecule is CC(C)C[C@H](NS(=O)(=O)CCC#N)C(=O)O. The second-order valence-corrected chi connectivity index (χ2v) is 5.74. The Balaban J connectivity index is 4.51. The van der Waals surface area contributed by atoms with Gasteiger partial charge >= 0.3 is 5.97 Å². The molecule has 0 aromatic rings. The van der Waals surface area contributed by atoms with E-state index in [2.05, 4.69) is 4.72 Å². The number of nitriles is 1. The van der Waals surface area contributed by atoms with Crippen molar-refractivity contribution in [3.8, 4) is 6.07 Å². The van der Waals surface area contributed by atoms with Crippen LogP contribution in [0.3, 0.4) is 0 Å². The molecule has 0 unspecified atom stereocenters. The Hall–Kier alpha value is -1.13. The van der Waals surface area contributed by atoms with E-state index in [0.717, 1.165) is 0 Å². The molecule has 0 heterocycles. The van der Waals surface area contributed by atoms with Crippen molar-refractivity contribution < 1.29 is 18.3 Å². The van der Waals surface area contributed by atoms with Gasteiger partial charge in [-0.3, -0.25) is 4.79 Å². The second-order valence-electron chi connectivity index (χ2n) is 3.87. The van der Waals surface area contributed by atoms with Gasteiger partial charge in [-0.1, -0.05) is 13.8 Å². The third kappa shape index (κ3) is 6.37. The lowest BCUT2D eigenvalue weighted by Crippen LogP contribution is -2.42. The Bertz CT molecular complexity index is 369. The molecule has 0 aliphatic carbocycles. The summed E-state index contributed by atoms with van der Waals surface area (Å²) in [6.07, 6.45) is 0.0739. The zero-order valence-corrected chi connectivity index (χ0v) is 10.1. The fourth-order valence-electron chi connectivity index (χ4n) is 1.13. The highest BCUT2D eigenvalue weighted by Crippen LogP contribution is 2.06. The fourth-order valence-corrected chi connectivity index (χ4v) is 2.23. The van der Waals surface area contributed by atoms with Crippen molar-refractivity contribution >= 4 is 16.0 Å². The third-order valence-corrected chi connectivity index (χ3v) is 3.19. The normalized spacial score (nSPS) is 13.4. The van der Waals surface area contributed by atoms with Crippen LogP contribution in [0.25, 0.3) is 0 Å². The van der Waals surface area contributed by atoms with Crippen molar-refractivity contribution in [2.75, 3.05) is 5.75 Å². The number of nitrogens with one attached hydrogen (secondary N) is 1. The number of hydrogen-bond acceptors (Lipinski definition) is 4. The fraction of sp³-hybridized carbons (Fsp3) is 0.778. The van der Waals surface area contributed by atoms with Gasteiger partial charge < -0.3 is 5.11 Å². The largest absolute Gasteiger partial charge is 0.480 e. The van der Waals surface area contributed by atoms with E-state index >= 15 is 0 Å². The lowest BCUT2D eigenvalue weighted by molar-refractivity contribution is -0.139. The lowest BCUT2D eigenvalue weighted by atomic mass is 10.1. The third-order valence-electron chi connectivity index (χ3n) is 1.81. The molecule has 0 bridgehead atoms. The summed E-state index contributed by atoms with van der Waals surface area (Å²) in [5.41, 5.74) is 0. The lowest BCUT2D eigenvalue weighted by Gasteiger charge is -2.15. The van der Waals surface area contributed by atoms with Gasteiger partial charge in [-0.15, -0.1) is 0 Å². The number of carboxylic acid groups (broad SMARTS) is 1. The summed E-state index contributed by atoms with van der Waals surface area (Å²) in [6, 6.07) is 0.579. The van der Waals surface area contributed by atoms with Crippen molar-refractivity contribution in [1.29, 1.82) is 5.26 Å². The van der Waals surface area contributed by atoms with E-state index in [9.17, 15) is 13.2 Å². The summed E-state index contributed by atoms with van der Waals surface area (Å²) in [6.45, 7) is 3.61. The van der Waals surface area contributed by atoms with Crippen LogP contribution < -0.4 is 4.72 Å². The van der Waals surface area contributed by atoms with Crippen LogP contribution in [0.1, 0.15) is 26.7 Å². The van der Waals surface area contributed by atoms with E-state index in [4.69, 9.17) is 10.4 Å². The van der Waals surface area contributed by atoms with E-state index in [-0.39, 0.29) is 24.5 Å². The van der Waals surface area contributed by atoms with E-state index in [1.165, 1.54) is 0 Å². The van der Waals surface area contributed by atoms with E-state index in [0.29, 0.717) is 0 Å². The summed E-state index contributed by atoms with van der Waals surface area (Å²) in [7, 11) is -3.69. The molecule has 6 nitrogen and oxygen atoms in total. The molecule has 1 atom stereocenters. The quantitative estimate of drug-likeness (QED) is 0.674. The molecule has 7 heteroatoms. The van der Waals surface area contributed by atoms with Crippen LogP contribution in [0.15, 0.2) is 0 Å². The number of nitrogens with zero attached hydrogens (tertiary/aromatic N) is 1. The van der Waals surface area contributed by atoms with Crippen LogP contribution in [0.5, 0.6) is 0 Å². The van der Waals surface area contributed by atoms with Gasteiger partial charge in [-0.05, 0) is 12.3 Å². The Morgan fingerprint density at radius 1 is 1.50 bits per heavy atom. The van der Waals surface area contributed by atoms with Gasteiger partial charge in [0.05, 0.1) is 18.2 Å². The molecule has 0 aliphatic heterocycles. The molecule has 0 aromatic heterocycles. The predicted molar refractivity (Wildman–Crippen MR) is 58.0 cm³/mol. The standard InChI is InChI=1S/C9H16N2O4S/c1-7(2)6-8(9(12)13)11-16(14,15)5-3-4-10/h7-8,11H,3,5-6H2,1-2H3,(H,12,13)/t8-/m0/s1. The Labute approximate surface area is 95.3 Å². The minimum atomic E-state index is -3.69. The summed E-state index contributed by atoms with van der Waals surface area (Å²) in [4.78, 5) is 10.8. The Morgan fingerprint density at radius 3 is 2.44 bits per heavy atom. The van der Waals surface area contributed by atoms with Crippen molar-refractivity contribution in [2.45, 2.75) is 32.7 Å². The molecule has 0 radical (unpaired) electrons. The number of carboxylic acids is 1. The molecule has 2 N–H and O–H groups in total. The van der Waals surface area contributed by atoms with Crippen molar-refractivity contribution in [1.82, 2.24) is 4.72 Å². The predicted octanol–water partition coefficient (Wildman–Crippen LogP) is 0.319. The van der Waals surface area contributed by atoms with Crippen molar-refractivity contribution in [2.24, 2.45) is 5.92 Å². The first-order chi connectivity index (χ1) is 7.28. The molecule has 0 fully saturated rings. The molecule has 0 spiro atoms. The van der Waals surface area contributed by atoms with Gasteiger partial charge in [0.25, 0.3) is 0 Å². The Morgan fingerprint density at radius 2 is 2.06 bits per heavy atom. The first-order valence-corrected chi connectivity index (χ1v) is 6.53. The molecule has 0 rings (SSSR count). The molecule has 0 amide bonds. The van der Waals surface area contributed by atoms with E-state index < -0.39 is 22.0 Å². The maximum atomic E-state index is 11.4. The second kappa shape index (κ2) is 6.45. The first kappa shape index (κ1) is 14.9. The minimum Gasteiger partial charge on any atom is -0.480 e. The van der Waals surface area contributed by atoms with Gasteiger partial charge in [-0.25, -0.2) is 13.1 Å². The van der Waals surface area contributed by atoms with E-state index in [1.807, 2.05) is 0 Å². The summed E-state index contributed by atoms with van der Waals surface area (Å²) in [5.74, 6) is -1.50. The highest BCUT2D eigenvalue weighted by molar-refractivity contribution is 7.89. The molecule has 0 saturated carbocycles. The van der Waals surface area contributed by atoms with Gasteiger partial charge in [0, 0.05) is 0 Å². The highest BCUT2D eigenvalue weighted by atomic mass is 32.2. The average molecular weight is 248 g/mol.